The number of nitrogen functional groups attached to an aromatic ring is 1. The molecule has 0 aromatic heterocycles. The maximum Gasteiger partial charge on any atom is 0.338 e. The number of ether oxygens (including phenoxy) is 2. The molecule has 1 fully saturated rings. The van der Waals surface area contributed by atoms with E-state index in [2.05, 4.69) is 5.32 Å². The molecule has 1 aliphatic heterocycles. The fourth-order valence-electron chi connectivity index (χ4n) is 1.72. The van der Waals surface area contributed by atoms with Gasteiger partial charge in [0, 0.05) is 0 Å². The van der Waals surface area contributed by atoms with Crippen molar-refractivity contribution in [2.45, 2.75) is 13.0 Å². The molecule has 1 saturated heterocycles. The van der Waals surface area contributed by atoms with Gasteiger partial charge in [-0.15, -0.1) is 0 Å². The Labute approximate surface area is 99.9 Å². The Bertz CT molecular complexity index is 442. The van der Waals surface area contributed by atoms with Gasteiger partial charge in [0.25, 0.3) is 0 Å². The predicted molar refractivity (Wildman–Crippen MR) is 65.2 cm³/mol. The zero-order valence-electron chi connectivity index (χ0n) is 9.95. The number of hydrogen-bond donors (Lipinski definition) is 2. The van der Waals surface area contributed by atoms with Crippen LogP contribution in [-0.4, -0.2) is 32.3 Å². The molecule has 1 aromatic carbocycles. The molecule has 0 saturated carbocycles. The second-order valence-corrected chi connectivity index (χ2v) is 4.07. The van der Waals surface area contributed by atoms with Crippen molar-refractivity contribution in [1.82, 2.24) is 0 Å². The Morgan fingerprint density at radius 1 is 1.53 bits per heavy atom. The van der Waals surface area contributed by atoms with Gasteiger partial charge in [-0.2, -0.15) is 0 Å². The highest BCUT2D eigenvalue weighted by atomic mass is 16.5. The fraction of sp³-hybridized carbons (Fsp3) is 0.417. The van der Waals surface area contributed by atoms with E-state index < -0.39 is 0 Å². The summed E-state index contributed by atoms with van der Waals surface area (Å²) in [5.74, 6) is -0.368. The second-order valence-electron chi connectivity index (χ2n) is 4.07. The van der Waals surface area contributed by atoms with Crippen LogP contribution in [0.25, 0.3) is 0 Å². The van der Waals surface area contributed by atoms with Crippen molar-refractivity contribution in [3.05, 3.63) is 23.3 Å². The molecule has 0 aliphatic carbocycles. The van der Waals surface area contributed by atoms with Crippen LogP contribution in [0.5, 0.6) is 0 Å². The van der Waals surface area contributed by atoms with E-state index in [1.54, 1.807) is 12.1 Å². The highest BCUT2D eigenvalue weighted by molar-refractivity contribution is 5.94. The first-order valence-corrected chi connectivity index (χ1v) is 5.45. The van der Waals surface area contributed by atoms with Crippen molar-refractivity contribution in [3.63, 3.8) is 0 Å². The number of methoxy groups -OCH3 is 1. The molecule has 0 spiro atoms. The highest BCUT2D eigenvalue weighted by Crippen LogP contribution is 2.27. The lowest BCUT2D eigenvalue weighted by Gasteiger charge is -2.28. The number of nitrogens with two attached hydrogens (primary N) is 1. The lowest BCUT2D eigenvalue weighted by atomic mass is 10.0. The molecule has 1 heterocycles. The minimum Gasteiger partial charge on any atom is -0.465 e. The molecule has 1 aliphatic rings. The minimum atomic E-state index is -0.368. The molecule has 0 amide bonds. The van der Waals surface area contributed by atoms with Gasteiger partial charge in [-0.05, 0) is 24.6 Å². The van der Waals surface area contributed by atoms with Gasteiger partial charge in [-0.25, -0.2) is 4.79 Å². The summed E-state index contributed by atoms with van der Waals surface area (Å²) in [7, 11) is 1.36. The van der Waals surface area contributed by atoms with Gasteiger partial charge in [0.05, 0.1) is 43.3 Å². The van der Waals surface area contributed by atoms with Crippen molar-refractivity contribution in [1.29, 1.82) is 0 Å². The number of anilines is 2. The molecule has 2 rings (SSSR count). The summed E-state index contributed by atoms with van der Waals surface area (Å²) < 4.78 is 9.77. The predicted octanol–water partition coefficient (Wildman–Crippen LogP) is 1.17. The van der Waals surface area contributed by atoms with Gasteiger partial charge in [0.2, 0.25) is 0 Å². The Hall–Kier alpha value is -1.75. The van der Waals surface area contributed by atoms with Gasteiger partial charge >= 0.3 is 5.97 Å². The minimum absolute atomic E-state index is 0.306. The van der Waals surface area contributed by atoms with Crippen molar-refractivity contribution in [3.8, 4) is 0 Å². The first-order valence-electron chi connectivity index (χ1n) is 5.45. The molecular formula is C12H16N2O3. The van der Waals surface area contributed by atoms with Crippen molar-refractivity contribution < 1.29 is 14.3 Å². The van der Waals surface area contributed by atoms with Crippen molar-refractivity contribution in [2.75, 3.05) is 31.4 Å². The molecule has 1 aromatic rings. The van der Waals surface area contributed by atoms with Crippen LogP contribution in [0.1, 0.15) is 15.9 Å². The Kier molecular flexibility index (Phi) is 3.19. The summed E-state index contributed by atoms with van der Waals surface area (Å²) in [4.78, 5) is 11.5. The fourth-order valence-corrected chi connectivity index (χ4v) is 1.72. The Morgan fingerprint density at radius 2 is 2.24 bits per heavy atom. The monoisotopic (exact) mass is 236 g/mol. The van der Waals surface area contributed by atoms with Gasteiger partial charge in [-0.1, -0.05) is 0 Å². The van der Waals surface area contributed by atoms with E-state index in [0.717, 1.165) is 11.3 Å². The molecule has 0 unspecified atom stereocenters. The maximum atomic E-state index is 11.5. The van der Waals surface area contributed by atoms with Crippen LogP contribution in [0.3, 0.4) is 0 Å². The van der Waals surface area contributed by atoms with Crippen LogP contribution in [-0.2, 0) is 9.47 Å². The van der Waals surface area contributed by atoms with Crippen LogP contribution in [0.4, 0.5) is 11.4 Å². The second kappa shape index (κ2) is 4.63. The number of carbonyl (C=O) groups excluding carboxylic acids is 1. The number of esters is 1. The molecular weight excluding hydrogens is 220 g/mol. The van der Waals surface area contributed by atoms with Gasteiger partial charge in [0.15, 0.2) is 0 Å². The smallest absolute Gasteiger partial charge is 0.338 e. The molecule has 17 heavy (non-hydrogen) atoms. The third-order valence-corrected chi connectivity index (χ3v) is 2.92. The van der Waals surface area contributed by atoms with Crippen LogP contribution in [0, 0.1) is 6.92 Å². The van der Waals surface area contributed by atoms with Crippen LogP contribution in [0.2, 0.25) is 0 Å². The maximum absolute atomic E-state index is 11.5. The topological polar surface area (TPSA) is 73.6 Å². The SMILES string of the molecule is COC(=O)c1ccc(NC2COC2)c(N)c1C. The van der Waals surface area contributed by atoms with E-state index in [4.69, 9.17) is 15.2 Å². The van der Waals surface area contributed by atoms with Crippen molar-refractivity contribution in [2.24, 2.45) is 0 Å². The number of rotatable bonds is 3. The van der Waals surface area contributed by atoms with Crippen molar-refractivity contribution >= 4 is 17.3 Å². The third-order valence-electron chi connectivity index (χ3n) is 2.92. The zero-order chi connectivity index (χ0) is 12.4. The molecule has 92 valence electrons. The summed E-state index contributed by atoms with van der Waals surface area (Å²) >= 11 is 0. The average molecular weight is 236 g/mol. The van der Waals surface area contributed by atoms with Crippen LogP contribution in [0.15, 0.2) is 12.1 Å². The lowest BCUT2D eigenvalue weighted by molar-refractivity contribution is 0.0211. The molecule has 5 heteroatoms. The standard InChI is InChI=1S/C12H16N2O3/c1-7-9(12(15)16-2)3-4-10(11(7)13)14-8-5-17-6-8/h3-4,8,14H,5-6,13H2,1-2H3. The summed E-state index contributed by atoms with van der Waals surface area (Å²) in [6, 6.07) is 3.83. The number of nitrogens with one attached hydrogen (secondary N) is 1. The average Bonchev–Trinajstić information content (AvgIpc) is 2.28. The summed E-state index contributed by atoms with van der Waals surface area (Å²) in [5.41, 5.74) is 8.65. The number of carbonyl (C=O) groups is 1. The largest absolute Gasteiger partial charge is 0.465 e. The van der Waals surface area contributed by atoms with E-state index >= 15 is 0 Å². The molecule has 3 N–H and O–H groups in total. The quantitative estimate of drug-likeness (QED) is 0.609. The lowest BCUT2D eigenvalue weighted by Crippen LogP contribution is -2.40. The van der Waals surface area contributed by atoms with Crippen LogP contribution < -0.4 is 11.1 Å². The van der Waals surface area contributed by atoms with Gasteiger partial charge < -0.3 is 20.5 Å². The summed E-state index contributed by atoms with van der Waals surface area (Å²) in [6.07, 6.45) is 0. The van der Waals surface area contributed by atoms with E-state index in [0.29, 0.717) is 30.5 Å². The number of benzene rings is 1. The summed E-state index contributed by atoms with van der Waals surface area (Å²) in [5, 5.41) is 3.27. The first kappa shape index (κ1) is 11.7. The first-order chi connectivity index (χ1) is 8.13. The Morgan fingerprint density at radius 3 is 2.76 bits per heavy atom. The van der Waals surface area contributed by atoms with Gasteiger partial charge in [0.1, 0.15) is 0 Å². The van der Waals surface area contributed by atoms with Gasteiger partial charge in [-0.3, -0.25) is 0 Å². The van der Waals surface area contributed by atoms with E-state index in [1.807, 2.05) is 6.92 Å². The van der Waals surface area contributed by atoms with E-state index in [9.17, 15) is 4.79 Å². The zero-order valence-corrected chi connectivity index (χ0v) is 9.95. The molecule has 0 radical (unpaired) electrons. The third kappa shape index (κ3) is 2.19. The summed E-state index contributed by atoms with van der Waals surface area (Å²) in [6.45, 7) is 3.19. The Balaban J connectivity index is 2.24. The normalized spacial score (nSPS) is 15.2. The number of hydrogen-bond acceptors (Lipinski definition) is 5. The van der Waals surface area contributed by atoms with E-state index in [-0.39, 0.29) is 5.97 Å². The molecule has 5 nitrogen and oxygen atoms in total. The highest BCUT2D eigenvalue weighted by Gasteiger charge is 2.20. The van der Waals surface area contributed by atoms with Crippen LogP contribution >= 0.6 is 0 Å². The molecule has 0 atom stereocenters. The van der Waals surface area contributed by atoms with E-state index in [1.165, 1.54) is 7.11 Å². The molecule has 0 bridgehead atoms.